The minimum Gasteiger partial charge on any atom is -0.394 e. The van der Waals surface area contributed by atoms with E-state index in [0.29, 0.717) is 0 Å². The maximum atomic E-state index is 9.79. The first kappa shape index (κ1) is 15.0. The molecule has 0 amide bonds. The monoisotopic (exact) mass is 278 g/mol. The first-order valence-electron chi connectivity index (χ1n) is 7.54. The van der Waals surface area contributed by atoms with Crippen LogP contribution in [0.25, 0.3) is 0 Å². The van der Waals surface area contributed by atoms with Crippen molar-refractivity contribution in [3.8, 4) is 0 Å². The summed E-state index contributed by atoms with van der Waals surface area (Å²) in [7, 11) is 1.86. The SMILES string of the molecule is CNc1cc(NC2(CO)CCCCC2)nc(C(C)C)n1. The number of aliphatic hydroxyl groups is 1. The molecule has 0 saturated heterocycles. The normalized spacial score (nSPS) is 18.1. The molecule has 20 heavy (non-hydrogen) atoms. The zero-order valence-corrected chi connectivity index (χ0v) is 12.7. The molecule has 2 rings (SSSR count). The minimum atomic E-state index is -0.216. The van der Waals surface area contributed by atoms with Gasteiger partial charge in [0.15, 0.2) is 0 Å². The van der Waals surface area contributed by atoms with E-state index in [4.69, 9.17) is 0 Å². The molecule has 0 radical (unpaired) electrons. The molecule has 112 valence electrons. The van der Waals surface area contributed by atoms with E-state index >= 15 is 0 Å². The highest BCUT2D eigenvalue weighted by molar-refractivity contribution is 5.49. The number of anilines is 2. The van der Waals surface area contributed by atoms with E-state index in [0.717, 1.165) is 43.1 Å². The lowest BCUT2D eigenvalue weighted by molar-refractivity contribution is 0.172. The zero-order chi connectivity index (χ0) is 14.6. The van der Waals surface area contributed by atoms with Crippen LogP contribution in [0.1, 0.15) is 57.7 Å². The number of nitrogens with one attached hydrogen (secondary N) is 2. The van der Waals surface area contributed by atoms with Crippen LogP contribution in [0, 0.1) is 0 Å². The molecule has 1 aromatic heterocycles. The highest BCUT2D eigenvalue weighted by atomic mass is 16.3. The van der Waals surface area contributed by atoms with E-state index in [2.05, 4.69) is 34.4 Å². The fourth-order valence-electron chi connectivity index (χ4n) is 2.74. The topological polar surface area (TPSA) is 70.1 Å². The second-order valence-corrected chi connectivity index (χ2v) is 6.03. The summed E-state index contributed by atoms with van der Waals surface area (Å²) < 4.78 is 0. The van der Waals surface area contributed by atoms with Crippen LogP contribution in [-0.4, -0.2) is 34.3 Å². The molecule has 0 atom stereocenters. The van der Waals surface area contributed by atoms with E-state index in [1.54, 1.807) is 0 Å². The van der Waals surface area contributed by atoms with Crippen molar-refractivity contribution in [1.29, 1.82) is 0 Å². The molecule has 0 unspecified atom stereocenters. The van der Waals surface area contributed by atoms with Crippen molar-refractivity contribution in [3.05, 3.63) is 11.9 Å². The Balaban J connectivity index is 2.24. The Hall–Kier alpha value is -1.36. The third-order valence-electron chi connectivity index (χ3n) is 4.02. The lowest BCUT2D eigenvalue weighted by Gasteiger charge is -2.37. The molecule has 1 saturated carbocycles. The van der Waals surface area contributed by atoms with Crippen molar-refractivity contribution < 1.29 is 5.11 Å². The molecule has 1 heterocycles. The Kier molecular flexibility index (Phi) is 4.81. The molecule has 0 aliphatic heterocycles. The van der Waals surface area contributed by atoms with Crippen LogP contribution in [-0.2, 0) is 0 Å². The summed E-state index contributed by atoms with van der Waals surface area (Å²) in [4.78, 5) is 9.06. The van der Waals surface area contributed by atoms with Crippen LogP contribution >= 0.6 is 0 Å². The van der Waals surface area contributed by atoms with Crippen LogP contribution in [0.3, 0.4) is 0 Å². The molecule has 1 fully saturated rings. The van der Waals surface area contributed by atoms with Crippen LogP contribution < -0.4 is 10.6 Å². The predicted molar refractivity (Wildman–Crippen MR) is 82.2 cm³/mol. The lowest BCUT2D eigenvalue weighted by atomic mass is 9.82. The molecule has 5 heteroatoms. The maximum absolute atomic E-state index is 9.79. The smallest absolute Gasteiger partial charge is 0.135 e. The summed E-state index contributed by atoms with van der Waals surface area (Å²) in [6, 6.07) is 1.91. The van der Waals surface area contributed by atoms with Crippen LogP contribution in [0.5, 0.6) is 0 Å². The van der Waals surface area contributed by atoms with Crippen molar-refractivity contribution >= 4 is 11.6 Å². The van der Waals surface area contributed by atoms with Gasteiger partial charge in [0.2, 0.25) is 0 Å². The van der Waals surface area contributed by atoms with Crippen molar-refractivity contribution in [2.45, 2.75) is 57.4 Å². The van der Waals surface area contributed by atoms with E-state index < -0.39 is 0 Å². The lowest BCUT2D eigenvalue weighted by Crippen LogP contribution is -2.44. The average Bonchev–Trinajstić information content (AvgIpc) is 2.47. The predicted octanol–water partition coefficient (Wildman–Crippen LogP) is 2.75. The van der Waals surface area contributed by atoms with Gasteiger partial charge in [-0.25, -0.2) is 9.97 Å². The van der Waals surface area contributed by atoms with E-state index in [1.807, 2.05) is 13.1 Å². The molecule has 0 aromatic carbocycles. The Labute approximate surface area is 121 Å². The number of hydrogen-bond donors (Lipinski definition) is 3. The van der Waals surface area contributed by atoms with Gasteiger partial charge in [0.05, 0.1) is 12.1 Å². The number of nitrogens with zero attached hydrogens (tertiary/aromatic N) is 2. The third-order valence-corrected chi connectivity index (χ3v) is 4.02. The van der Waals surface area contributed by atoms with Gasteiger partial charge in [0, 0.05) is 19.0 Å². The molecule has 5 nitrogen and oxygen atoms in total. The summed E-state index contributed by atoms with van der Waals surface area (Å²) in [6.45, 7) is 4.32. The fourth-order valence-corrected chi connectivity index (χ4v) is 2.74. The third kappa shape index (κ3) is 3.39. The van der Waals surface area contributed by atoms with E-state index in [9.17, 15) is 5.11 Å². The van der Waals surface area contributed by atoms with Crippen LogP contribution in [0.15, 0.2) is 6.07 Å². The van der Waals surface area contributed by atoms with Gasteiger partial charge in [-0.3, -0.25) is 0 Å². The summed E-state index contributed by atoms with van der Waals surface area (Å²) in [6.07, 6.45) is 5.58. The first-order chi connectivity index (χ1) is 9.58. The van der Waals surface area contributed by atoms with Gasteiger partial charge in [0.1, 0.15) is 17.5 Å². The van der Waals surface area contributed by atoms with Gasteiger partial charge in [-0.2, -0.15) is 0 Å². The Bertz CT molecular complexity index is 441. The highest BCUT2D eigenvalue weighted by Gasteiger charge is 2.31. The molecule has 1 aliphatic carbocycles. The van der Waals surface area contributed by atoms with Crippen molar-refractivity contribution in [2.24, 2.45) is 0 Å². The summed E-state index contributed by atoms with van der Waals surface area (Å²) in [5.41, 5.74) is -0.216. The second-order valence-electron chi connectivity index (χ2n) is 6.03. The van der Waals surface area contributed by atoms with Gasteiger partial charge >= 0.3 is 0 Å². The first-order valence-corrected chi connectivity index (χ1v) is 7.54. The number of hydrogen-bond acceptors (Lipinski definition) is 5. The molecule has 0 spiro atoms. The summed E-state index contributed by atoms with van der Waals surface area (Å²) in [5.74, 6) is 2.72. The minimum absolute atomic E-state index is 0.156. The zero-order valence-electron chi connectivity index (χ0n) is 12.7. The van der Waals surface area contributed by atoms with E-state index in [1.165, 1.54) is 6.42 Å². The second kappa shape index (κ2) is 6.39. The molecular formula is C15H26N4O. The van der Waals surface area contributed by atoms with Gasteiger partial charge < -0.3 is 15.7 Å². The quantitative estimate of drug-likeness (QED) is 0.772. The van der Waals surface area contributed by atoms with Crippen molar-refractivity contribution in [3.63, 3.8) is 0 Å². The standard InChI is InChI=1S/C15H26N4O/c1-11(2)14-17-12(16-3)9-13(18-14)19-15(10-20)7-5-4-6-8-15/h9,11,20H,4-8,10H2,1-3H3,(H2,16,17,18,19). The number of rotatable bonds is 5. The molecular weight excluding hydrogens is 252 g/mol. The van der Waals surface area contributed by atoms with Gasteiger partial charge in [-0.1, -0.05) is 33.1 Å². The van der Waals surface area contributed by atoms with Crippen LogP contribution in [0.2, 0.25) is 0 Å². The Morgan fingerprint density at radius 3 is 2.40 bits per heavy atom. The number of aromatic nitrogens is 2. The summed E-state index contributed by atoms with van der Waals surface area (Å²) in [5, 5.41) is 16.3. The summed E-state index contributed by atoms with van der Waals surface area (Å²) >= 11 is 0. The van der Waals surface area contributed by atoms with Crippen LogP contribution in [0.4, 0.5) is 11.6 Å². The van der Waals surface area contributed by atoms with Crippen molar-refractivity contribution in [1.82, 2.24) is 9.97 Å². The largest absolute Gasteiger partial charge is 0.394 e. The highest BCUT2D eigenvalue weighted by Crippen LogP contribution is 2.31. The van der Waals surface area contributed by atoms with E-state index in [-0.39, 0.29) is 18.1 Å². The Morgan fingerprint density at radius 2 is 1.85 bits per heavy atom. The maximum Gasteiger partial charge on any atom is 0.135 e. The van der Waals surface area contributed by atoms with Gasteiger partial charge in [-0.15, -0.1) is 0 Å². The van der Waals surface area contributed by atoms with Gasteiger partial charge in [-0.05, 0) is 12.8 Å². The molecule has 1 aromatic rings. The van der Waals surface area contributed by atoms with Gasteiger partial charge in [0.25, 0.3) is 0 Å². The fraction of sp³-hybridized carbons (Fsp3) is 0.733. The van der Waals surface area contributed by atoms with Crippen molar-refractivity contribution in [2.75, 3.05) is 24.3 Å². The Morgan fingerprint density at radius 1 is 1.20 bits per heavy atom. The molecule has 3 N–H and O–H groups in total. The molecule has 1 aliphatic rings. The average molecular weight is 278 g/mol. The number of aliphatic hydroxyl groups excluding tert-OH is 1. The molecule has 0 bridgehead atoms.